The predicted molar refractivity (Wildman–Crippen MR) is 96.0 cm³/mol. The lowest BCUT2D eigenvalue weighted by Crippen LogP contribution is -2.60. The van der Waals surface area contributed by atoms with Crippen molar-refractivity contribution >= 4 is 5.78 Å². The molecule has 6 atom stereocenters. The van der Waals surface area contributed by atoms with Crippen LogP contribution in [0.5, 0.6) is 0 Å². The molecule has 25 heavy (non-hydrogen) atoms. The van der Waals surface area contributed by atoms with Crippen molar-refractivity contribution < 1.29 is 14.3 Å². The zero-order valence-corrected chi connectivity index (χ0v) is 16.2. The third-order valence-corrected chi connectivity index (χ3v) is 9.87. The van der Waals surface area contributed by atoms with Crippen LogP contribution in [0.15, 0.2) is 0 Å². The Kier molecular flexibility index (Phi) is 3.41. The molecule has 5 fully saturated rings. The van der Waals surface area contributed by atoms with Gasteiger partial charge in [0.15, 0.2) is 5.79 Å². The molecule has 0 radical (unpaired) electrons. The van der Waals surface area contributed by atoms with Crippen molar-refractivity contribution in [2.24, 2.45) is 34.0 Å². The fourth-order valence-electron chi connectivity index (χ4n) is 8.12. The van der Waals surface area contributed by atoms with Gasteiger partial charge in [0.25, 0.3) is 0 Å². The summed E-state index contributed by atoms with van der Waals surface area (Å²) in [6.07, 6.45) is 10.3. The van der Waals surface area contributed by atoms with E-state index >= 15 is 0 Å². The number of hydrogen-bond acceptors (Lipinski definition) is 3. The molecule has 0 unspecified atom stereocenters. The Labute approximate surface area is 152 Å². The van der Waals surface area contributed by atoms with Crippen molar-refractivity contribution in [1.29, 1.82) is 0 Å². The fourth-order valence-corrected chi connectivity index (χ4v) is 8.12. The minimum Gasteiger partial charge on any atom is -0.348 e. The summed E-state index contributed by atoms with van der Waals surface area (Å²) in [5.41, 5.74) is 0.690. The van der Waals surface area contributed by atoms with Crippen LogP contribution in [-0.4, -0.2) is 24.8 Å². The fraction of sp³-hybridized carbons (Fsp3) is 0.955. The molecule has 0 aromatic carbocycles. The molecule has 5 aliphatic rings. The second-order valence-electron chi connectivity index (χ2n) is 10.6. The monoisotopic (exact) mass is 346 g/mol. The standard InChI is InChI=1S/C22H34O3/c1-19-8-6-15-16-4-5-18(23)20(16,2)9-7-17(15)21(19,3)10-11-22(14-19)24-12-13-25-22/h15-17H,4-14H2,1-3H3/t15-,16+,17+,19-,20-,21+/m1/s1. The van der Waals surface area contributed by atoms with Crippen molar-refractivity contribution in [3.63, 3.8) is 0 Å². The summed E-state index contributed by atoms with van der Waals surface area (Å²) < 4.78 is 12.2. The van der Waals surface area contributed by atoms with Gasteiger partial charge >= 0.3 is 0 Å². The largest absolute Gasteiger partial charge is 0.348 e. The van der Waals surface area contributed by atoms with Gasteiger partial charge in [-0.3, -0.25) is 4.79 Å². The van der Waals surface area contributed by atoms with E-state index in [4.69, 9.17) is 9.47 Å². The number of hydrogen-bond donors (Lipinski definition) is 0. The summed E-state index contributed by atoms with van der Waals surface area (Å²) in [7, 11) is 0. The van der Waals surface area contributed by atoms with Gasteiger partial charge < -0.3 is 9.47 Å². The second-order valence-corrected chi connectivity index (χ2v) is 10.6. The maximum absolute atomic E-state index is 12.6. The smallest absolute Gasteiger partial charge is 0.169 e. The highest BCUT2D eigenvalue weighted by atomic mass is 16.7. The summed E-state index contributed by atoms with van der Waals surface area (Å²) in [6, 6.07) is 0. The first-order valence-corrected chi connectivity index (χ1v) is 10.6. The molecule has 3 nitrogen and oxygen atoms in total. The molecule has 3 heteroatoms. The Morgan fingerprint density at radius 2 is 1.64 bits per heavy atom. The molecule has 1 spiro atoms. The molecular weight excluding hydrogens is 312 g/mol. The Hall–Kier alpha value is -0.410. The number of Topliss-reactive ketones (excluding diaryl/α,β-unsaturated/α-hetero) is 1. The van der Waals surface area contributed by atoms with E-state index in [0.717, 1.165) is 57.2 Å². The van der Waals surface area contributed by atoms with Crippen LogP contribution in [0.2, 0.25) is 0 Å². The van der Waals surface area contributed by atoms with Crippen LogP contribution < -0.4 is 0 Å². The first-order chi connectivity index (χ1) is 11.8. The highest BCUT2D eigenvalue weighted by Gasteiger charge is 2.65. The molecule has 0 N–H and O–H groups in total. The predicted octanol–water partition coefficient (Wildman–Crippen LogP) is 4.73. The molecule has 5 rings (SSSR count). The van der Waals surface area contributed by atoms with Crippen LogP contribution in [0, 0.1) is 34.0 Å². The number of fused-ring (bicyclic) bond motifs is 5. The van der Waals surface area contributed by atoms with Gasteiger partial charge in [-0.25, -0.2) is 0 Å². The lowest BCUT2D eigenvalue weighted by atomic mass is 9.40. The topological polar surface area (TPSA) is 35.5 Å². The third kappa shape index (κ3) is 2.03. The van der Waals surface area contributed by atoms with E-state index in [1.54, 1.807) is 0 Å². The van der Waals surface area contributed by atoms with E-state index < -0.39 is 0 Å². The maximum Gasteiger partial charge on any atom is 0.169 e. The molecule has 0 bridgehead atoms. The zero-order chi connectivity index (χ0) is 17.5. The molecule has 1 aliphatic heterocycles. The Bertz CT molecular complexity index is 594. The minimum absolute atomic E-state index is 0.00116. The number of ether oxygens (including phenoxy) is 2. The molecule has 0 aromatic rings. The van der Waals surface area contributed by atoms with Gasteiger partial charge in [0, 0.05) is 24.7 Å². The third-order valence-electron chi connectivity index (χ3n) is 9.87. The average molecular weight is 347 g/mol. The normalized spacial score (nSPS) is 54.2. The molecule has 140 valence electrons. The SMILES string of the molecule is C[C@]12CC[C@@H]3[C@@H]4CCC(=O)[C@]4(C)CC[C@@H]3[C@]1(C)CCC1(C2)OCCO1. The lowest BCUT2D eigenvalue weighted by molar-refractivity contribution is -0.256. The van der Waals surface area contributed by atoms with Crippen LogP contribution in [0.25, 0.3) is 0 Å². The van der Waals surface area contributed by atoms with Gasteiger partial charge in [0.2, 0.25) is 0 Å². The van der Waals surface area contributed by atoms with Gasteiger partial charge in [-0.05, 0) is 67.1 Å². The molecule has 4 saturated carbocycles. The van der Waals surface area contributed by atoms with Crippen LogP contribution in [0.1, 0.15) is 78.6 Å². The summed E-state index contributed by atoms with van der Waals surface area (Å²) in [4.78, 5) is 12.6. The van der Waals surface area contributed by atoms with E-state index in [1.807, 2.05) is 0 Å². The number of carbonyl (C=O) groups excluding carboxylic acids is 1. The van der Waals surface area contributed by atoms with Crippen LogP contribution in [0.4, 0.5) is 0 Å². The van der Waals surface area contributed by atoms with Gasteiger partial charge in [0.1, 0.15) is 5.78 Å². The quantitative estimate of drug-likeness (QED) is 0.636. The summed E-state index contributed by atoms with van der Waals surface area (Å²) in [5.74, 6) is 2.48. The lowest BCUT2D eigenvalue weighted by Gasteiger charge is -2.65. The highest BCUT2D eigenvalue weighted by Crippen LogP contribution is 2.70. The van der Waals surface area contributed by atoms with E-state index in [2.05, 4.69) is 20.8 Å². The first kappa shape index (κ1) is 16.7. The average Bonchev–Trinajstić information content (AvgIpc) is 3.14. The summed E-state index contributed by atoms with van der Waals surface area (Å²) in [5, 5.41) is 0. The molecule has 0 aromatic heterocycles. The molecule has 1 saturated heterocycles. The Morgan fingerprint density at radius 3 is 2.40 bits per heavy atom. The van der Waals surface area contributed by atoms with Gasteiger partial charge in [0.05, 0.1) is 13.2 Å². The Morgan fingerprint density at radius 1 is 0.880 bits per heavy atom. The molecule has 1 heterocycles. The van der Waals surface area contributed by atoms with Crippen molar-refractivity contribution in [2.45, 2.75) is 84.3 Å². The van der Waals surface area contributed by atoms with Crippen molar-refractivity contribution in [2.75, 3.05) is 13.2 Å². The van der Waals surface area contributed by atoms with Crippen LogP contribution in [-0.2, 0) is 14.3 Å². The summed E-state index contributed by atoms with van der Waals surface area (Å²) >= 11 is 0. The number of ketones is 1. The Balaban J connectivity index is 1.46. The van der Waals surface area contributed by atoms with Gasteiger partial charge in [-0.15, -0.1) is 0 Å². The number of rotatable bonds is 0. The molecular formula is C22H34O3. The zero-order valence-electron chi connectivity index (χ0n) is 16.2. The van der Waals surface area contributed by atoms with E-state index in [1.165, 1.54) is 25.7 Å². The maximum atomic E-state index is 12.6. The summed E-state index contributed by atoms with van der Waals surface area (Å²) in [6.45, 7) is 8.91. The second kappa shape index (κ2) is 5.10. The van der Waals surface area contributed by atoms with Crippen LogP contribution >= 0.6 is 0 Å². The van der Waals surface area contributed by atoms with Crippen molar-refractivity contribution in [3.8, 4) is 0 Å². The van der Waals surface area contributed by atoms with E-state index in [9.17, 15) is 4.79 Å². The number of carbonyl (C=O) groups is 1. The first-order valence-electron chi connectivity index (χ1n) is 10.6. The molecule has 4 aliphatic carbocycles. The van der Waals surface area contributed by atoms with Gasteiger partial charge in [-0.2, -0.15) is 0 Å². The van der Waals surface area contributed by atoms with Crippen LogP contribution in [0.3, 0.4) is 0 Å². The van der Waals surface area contributed by atoms with Crippen molar-refractivity contribution in [3.05, 3.63) is 0 Å². The van der Waals surface area contributed by atoms with Crippen molar-refractivity contribution in [1.82, 2.24) is 0 Å². The minimum atomic E-state index is -0.284. The molecule has 0 amide bonds. The van der Waals surface area contributed by atoms with E-state index in [-0.39, 0.29) is 11.2 Å². The highest BCUT2D eigenvalue weighted by molar-refractivity contribution is 5.87. The van der Waals surface area contributed by atoms with E-state index in [0.29, 0.717) is 22.5 Å². The van der Waals surface area contributed by atoms with Gasteiger partial charge in [-0.1, -0.05) is 20.8 Å².